The van der Waals surface area contributed by atoms with Crippen molar-refractivity contribution in [2.75, 3.05) is 7.11 Å². The van der Waals surface area contributed by atoms with Gasteiger partial charge in [-0.1, -0.05) is 0 Å². The first-order chi connectivity index (χ1) is 6.24. The Morgan fingerprint density at radius 1 is 1.54 bits per heavy atom. The van der Waals surface area contributed by atoms with E-state index in [0.29, 0.717) is 0 Å². The average molecular weight is 195 g/mol. The van der Waals surface area contributed by atoms with Gasteiger partial charge in [0.2, 0.25) is 0 Å². The average Bonchev–Trinajstić information content (AvgIpc) is 2.53. The second-order valence-electron chi connectivity index (χ2n) is 2.77. The Balaban J connectivity index is 2.93. The van der Waals surface area contributed by atoms with Gasteiger partial charge in [0.25, 0.3) is 0 Å². The molecule has 0 aliphatic rings. The Bertz CT molecular complexity index is 498. The van der Waals surface area contributed by atoms with E-state index in [4.69, 9.17) is 4.84 Å². The van der Waals surface area contributed by atoms with Gasteiger partial charge in [-0.25, -0.2) is 0 Å². The molecule has 13 heavy (non-hydrogen) atoms. The quantitative estimate of drug-likeness (QED) is 0.689. The third kappa shape index (κ3) is 1.14. The van der Waals surface area contributed by atoms with Gasteiger partial charge in [0.05, 0.1) is 5.69 Å². The van der Waals surface area contributed by atoms with E-state index in [2.05, 4.69) is 0 Å². The molecule has 0 spiro atoms. The predicted molar refractivity (Wildman–Crippen MR) is 53.3 cm³/mol. The Labute approximate surface area is 79.1 Å². The van der Waals surface area contributed by atoms with Crippen LogP contribution < -0.4 is 10.4 Å². The van der Waals surface area contributed by atoms with Gasteiger partial charge in [0, 0.05) is 5.39 Å². The lowest BCUT2D eigenvalue weighted by Crippen LogP contribution is -2.26. The lowest BCUT2D eigenvalue weighted by Gasteiger charge is -2.06. The van der Waals surface area contributed by atoms with E-state index in [-0.39, 0.29) is 5.56 Å². The van der Waals surface area contributed by atoms with Crippen molar-refractivity contribution in [3.8, 4) is 0 Å². The van der Waals surface area contributed by atoms with Gasteiger partial charge in [-0.2, -0.15) is 0 Å². The molecule has 0 aliphatic carbocycles. The van der Waals surface area contributed by atoms with Gasteiger partial charge in [-0.15, -0.1) is 16.1 Å². The highest BCUT2D eigenvalue weighted by molar-refractivity contribution is 7.17. The van der Waals surface area contributed by atoms with E-state index >= 15 is 0 Å². The Hall–Kier alpha value is -1.29. The highest BCUT2D eigenvalue weighted by Crippen LogP contribution is 2.17. The molecule has 0 N–H and O–H groups in total. The molecule has 2 aromatic rings. The number of hydrogen-bond donors (Lipinski definition) is 0. The molecule has 0 atom stereocenters. The molecular formula is C9H9NO2S. The van der Waals surface area contributed by atoms with Crippen LogP contribution in [0.2, 0.25) is 0 Å². The maximum Gasteiger partial charge on any atom is 0.301 e. The molecule has 0 aromatic carbocycles. The summed E-state index contributed by atoms with van der Waals surface area (Å²) in [4.78, 5) is 16.7. The molecule has 2 aromatic heterocycles. The van der Waals surface area contributed by atoms with Crippen LogP contribution in [0.3, 0.4) is 0 Å². The molecule has 0 amide bonds. The van der Waals surface area contributed by atoms with Crippen LogP contribution in [0, 0.1) is 6.92 Å². The van der Waals surface area contributed by atoms with Gasteiger partial charge in [0.15, 0.2) is 0 Å². The standard InChI is InChI=1S/C9H9NO2S/c1-6-5-7-3-4-13-8(7)9(11)10(6)12-2/h3-5H,1-2H3. The molecule has 0 fully saturated rings. The third-order valence-corrected chi connectivity index (χ3v) is 2.86. The summed E-state index contributed by atoms with van der Waals surface area (Å²) in [5.74, 6) is 0. The predicted octanol–water partition coefficient (Wildman–Crippen LogP) is 1.43. The van der Waals surface area contributed by atoms with Gasteiger partial charge in [-0.05, 0) is 24.4 Å². The van der Waals surface area contributed by atoms with Crippen LogP contribution in [0.25, 0.3) is 10.1 Å². The Kier molecular flexibility index (Phi) is 1.84. The summed E-state index contributed by atoms with van der Waals surface area (Å²) >= 11 is 1.44. The molecular weight excluding hydrogens is 186 g/mol. The van der Waals surface area contributed by atoms with E-state index in [9.17, 15) is 4.79 Å². The number of rotatable bonds is 1. The summed E-state index contributed by atoms with van der Waals surface area (Å²) in [6.45, 7) is 1.85. The van der Waals surface area contributed by atoms with Crippen LogP contribution in [0.1, 0.15) is 5.69 Å². The fourth-order valence-corrected chi connectivity index (χ4v) is 2.17. The molecule has 4 heteroatoms. The van der Waals surface area contributed by atoms with E-state index in [0.717, 1.165) is 15.8 Å². The minimum absolute atomic E-state index is 0.0764. The second kappa shape index (κ2) is 2.88. The number of fused-ring (bicyclic) bond motifs is 1. The minimum Gasteiger partial charge on any atom is -0.414 e. The fourth-order valence-electron chi connectivity index (χ4n) is 1.37. The van der Waals surface area contributed by atoms with Crippen molar-refractivity contribution in [3.63, 3.8) is 0 Å². The molecule has 0 unspecified atom stereocenters. The van der Waals surface area contributed by atoms with Gasteiger partial charge in [0.1, 0.15) is 11.8 Å². The van der Waals surface area contributed by atoms with Crippen molar-refractivity contribution in [3.05, 3.63) is 33.6 Å². The molecule has 0 saturated heterocycles. The summed E-state index contributed by atoms with van der Waals surface area (Å²) in [6.07, 6.45) is 0. The zero-order valence-electron chi connectivity index (χ0n) is 7.40. The maximum atomic E-state index is 11.7. The summed E-state index contributed by atoms with van der Waals surface area (Å²) in [5.41, 5.74) is 0.742. The van der Waals surface area contributed by atoms with Crippen LogP contribution >= 0.6 is 11.3 Å². The lowest BCUT2D eigenvalue weighted by atomic mass is 10.3. The second-order valence-corrected chi connectivity index (χ2v) is 3.69. The normalized spacial score (nSPS) is 10.6. The lowest BCUT2D eigenvalue weighted by molar-refractivity contribution is 0.153. The molecule has 68 valence electrons. The van der Waals surface area contributed by atoms with Gasteiger partial charge in [-0.3, -0.25) is 4.79 Å². The SMILES string of the molecule is COn1c(C)cc2ccsc2c1=O. The van der Waals surface area contributed by atoms with Crippen molar-refractivity contribution < 1.29 is 4.84 Å². The van der Waals surface area contributed by atoms with Crippen LogP contribution in [0.15, 0.2) is 22.3 Å². The van der Waals surface area contributed by atoms with E-state index in [1.165, 1.54) is 23.2 Å². The zero-order chi connectivity index (χ0) is 9.42. The van der Waals surface area contributed by atoms with Crippen LogP contribution in [-0.2, 0) is 0 Å². The highest BCUT2D eigenvalue weighted by atomic mass is 32.1. The maximum absolute atomic E-state index is 11.7. The van der Waals surface area contributed by atoms with Crippen LogP contribution in [0.4, 0.5) is 0 Å². The Morgan fingerprint density at radius 3 is 3.00 bits per heavy atom. The summed E-state index contributed by atoms with van der Waals surface area (Å²) in [5, 5.41) is 2.90. The number of hydrogen-bond acceptors (Lipinski definition) is 3. The molecule has 0 bridgehead atoms. The molecule has 0 aliphatic heterocycles. The first kappa shape index (κ1) is 8.31. The monoisotopic (exact) mass is 195 g/mol. The topological polar surface area (TPSA) is 31.2 Å². The molecule has 0 radical (unpaired) electrons. The zero-order valence-corrected chi connectivity index (χ0v) is 8.22. The number of thiophene rings is 1. The minimum atomic E-state index is -0.0764. The summed E-state index contributed by atoms with van der Waals surface area (Å²) in [7, 11) is 1.49. The number of pyridine rings is 1. The number of aryl methyl sites for hydroxylation is 1. The van der Waals surface area contributed by atoms with Crippen molar-refractivity contribution in [1.29, 1.82) is 0 Å². The Morgan fingerprint density at radius 2 is 2.31 bits per heavy atom. The van der Waals surface area contributed by atoms with Gasteiger partial charge >= 0.3 is 5.56 Å². The largest absolute Gasteiger partial charge is 0.414 e. The molecule has 0 saturated carbocycles. The highest BCUT2D eigenvalue weighted by Gasteiger charge is 2.06. The molecule has 2 heterocycles. The van der Waals surface area contributed by atoms with Crippen molar-refractivity contribution in [2.45, 2.75) is 6.92 Å². The van der Waals surface area contributed by atoms with Crippen LogP contribution in [-0.4, -0.2) is 11.8 Å². The molecule has 3 nitrogen and oxygen atoms in total. The van der Waals surface area contributed by atoms with Gasteiger partial charge < -0.3 is 4.84 Å². The fraction of sp³-hybridized carbons (Fsp3) is 0.222. The first-order valence-electron chi connectivity index (χ1n) is 3.88. The third-order valence-electron chi connectivity index (χ3n) is 1.94. The van der Waals surface area contributed by atoms with Crippen molar-refractivity contribution in [1.82, 2.24) is 4.73 Å². The van der Waals surface area contributed by atoms with E-state index < -0.39 is 0 Å². The van der Waals surface area contributed by atoms with E-state index in [1.54, 1.807) is 0 Å². The first-order valence-corrected chi connectivity index (χ1v) is 4.76. The van der Waals surface area contributed by atoms with Crippen molar-refractivity contribution >= 4 is 21.4 Å². The van der Waals surface area contributed by atoms with Crippen molar-refractivity contribution in [2.24, 2.45) is 0 Å². The summed E-state index contributed by atoms with van der Waals surface area (Å²) < 4.78 is 2.05. The number of aromatic nitrogens is 1. The van der Waals surface area contributed by atoms with E-state index in [1.807, 2.05) is 24.4 Å². The molecule has 2 rings (SSSR count). The number of nitrogens with zero attached hydrogens (tertiary/aromatic N) is 1. The summed E-state index contributed by atoms with van der Waals surface area (Å²) in [6, 6.07) is 3.88. The smallest absolute Gasteiger partial charge is 0.301 e. The van der Waals surface area contributed by atoms with Crippen LogP contribution in [0.5, 0.6) is 0 Å².